The van der Waals surface area contributed by atoms with Gasteiger partial charge in [-0.3, -0.25) is 0 Å². The Morgan fingerprint density at radius 1 is 0.867 bits per heavy atom. The Bertz CT molecular complexity index is 1100. The molecule has 1 N–H and O–H groups in total. The summed E-state index contributed by atoms with van der Waals surface area (Å²) < 4.78 is 5.17. The van der Waals surface area contributed by atoms with E-state index in [0.717, 1.165) is 11.1 Å². The van der Waals surface area contributed by atoms with Crippen LogP contribution in [0, 0.1) is 0 Å². The molecular formula is C23H20Cl2N2O3. The number of fused-ring (bicyclic) bond motifs is 1. The zero-order chi connectivity index (χ0) is 21.1. The number of rotatable bonds is 7. The molecule has 0 amide bonds. The van der Waals surface area contributed by atoms with Gasteiger partial charge in [0.25, 0.3) is 0 Å². The molecule has 0 atom stereocenters. The molecule has 1 heterocycles. The lowest BCUT2D eigenvalue weighted by Gasteiger charge is -2.23. The van der Waals surface area contributed by atoms with Crippen LogP contribution < -0.4 is 4.74 Å². The lowest BCUT2D eigenvalue weighted by Crippen LogP contribution is -2.26. The Kier molecular flexibility index (Phi) is 6.02. The van der Waals surface area contributed by atoms with E-state index in [0.29, 0.717) is 35.8 Å². The molecule has 0 bridgehead atoms. The van der Waals surface area contributed by atoms with Gasteiger partial charge in [-0.15, -0.1) is 0 Å². The molecule has 1 aliphatic heterocycles. The largest absolute Gasteiger partial charge is 0.482 e. The number of carboxylic acids is 1. The van der Waals surface area contributed by atoms with Crippen molar-refractivity contribution in [1.82, 2.24) is 9.80 Å². The fourth-order valence-corrected chi connectivity index (χ4v) is 3.91. The molecule has 0 fully saturated rings. The third kappa shape index (κ3) is 4.64. The summed E-state index contributed by atoms with van der Waals surface area (Å²) >= 11 is 13.0. The van der Waals surface area contributed by atoms with Crippen LogP contribution >= 0.6 is 23.2 Å². The molecule has 154 valence electrons. The van der Waals surface area contributed by atoms with Crippen molar-refractivity contribution in [2.45, 2.75) is 13.1 Å². The number of hydrogen-bond acceptors (Lipinski definition) is 4. The van der Waals surface area contributed by atoms with Gasteiger partial charge in [-0.25, -0.2) is 4.79 Å². The molecule has 0 saturated heterocycles. The highest BCUT2D eigenvalue weighted by molar-refractivity contribution is 6.38. The van der Waals surface area contributed by atoms with Crippen molar-refractivity contribution in [3.8, 4) is 5.75 Å². The van der Waals surface area contributed by atoms with E-state index in [-0.39, 0.29) is 6.61 Å². The van der Waals surface area contributed by atoms with Crippen LogP contribution in [0.3, 0.4) is 0 Å². The van der Waals surface area contributed by atoms with Gasteiger partial charge in [0, 0.05) is 13.1 Å². The molecule has 3 aromatic rings. The minimum atomic E-state index is -1.01. The first kappa shape index (κ1) is 20.4. The third-order valence-corrected chi connectivity index (χ3v) is 5.85. The van der Waals surface area contributed by atoms with E-state index in [4.69, 9.17) is 33.0 Å². The number of aliphatic carboxylic acids is 1. The first-order valence-corrected chi connectivity index (χ1v) is 10.2. The van der Waals surface area contributed by atoms with E-state index in [1.807, 2.05) is 34.1 Å². The minimum Gasteiger partial charge on any atom is -0.482 e. The highest BCUT2D eigenvalue weighted by Crippen LogP contribution is 2.32. The molecule has 0 saturated carbocycles. The summed E-state index contributed by atoms with van der Waals surface area (Å²) in [6, 6.07) is 21.9. The predicted molar refractivity (Wildman–Crippen MR) is 118 cm³/mol. The lowest BCUT2D eigenvalue weighted by molar-refractivity contribution is -0.139. The van der Waals surface area contributed by atoms with Crippen LogP contribution in [0.2, 0.25) is 0 Å². The third-order valence-electron chi connectivity index (χ3n) is 4.91. The van der Waals surface area contributed by atoms with Gasteiger partial charge in [-0.05, 0) is 40.1 Å². The van der Waals surface area contributed by atoms with Gasteiger partial charge in [0.15, 0.2) is 6.61 Å². The molecule has 4 rings (SSSR count). The molecule has 5 nitrogen and oxygen atoms in total. The highest BCUT2D eigenvalue weighted by atomic mass is 35.5. The fraction of sp³-hybridized carbons (Fsp3) is 0.174. The predicted octanol–water partition coefficient (Wildman–Crippen LogP) is 5.18. The second-order valence-corrected chi connectivity index (χ2v) is 7.84. The Morgan fingerprint density at radius 3 is 2.13 bits per heavy atom. The average Bonchev–Trinajstić information content (AvgIpc) is 3.01. The van der Waals surface area contributed by atoms with Crippen molar-refractivity contribution in [2.75, 3.05) is 13.3 Å². The number of hydrogen-bond donors (Lipinski definition) is 1. The van der Waals surface area contributed by atoms with E-state index in [1.165, 1.54) is 10.8 Å². The quantitative estimate of drug-likeness (QED) is 0.510. The summed E-state index contributed by atoms with van der Waals surface area (Å²) in [5.41, 5.74) is 2.19. The maximum atomic E-state index is 10.6. The Labute approximate surface area is 184 Å². The van der Waals surface area contributed by atoms with Gasteiger partial charge in [-0.2, -0.15) is 0 Å². The topological polar surface area (TPSA) is 53.0 Å². The van der Waals surface area contributed by atoms with E-state index < -0.39 is 5.97 Å². The smallest absolute Gasteiger partial charge is 0.341 e. The number of ether oxygens (including phenoxy) is 1. The van der Waals surface area contributed by atoms with Gasteiger partial charge >= 0.3 is 5.97 Å². The van der Waals surface area contributed by atoms with Crippen LogP contribution in [0.25, 0.3) is 10.8 Å². The second kappa shape index (κ2) is 8.86. The number of benzene rings is 3. The summed E-state index contributed by atoms with van der Waals surface area (Å²) in [6.45, 7) is 1.47. The molecular weight excluding hydrogens is 423 g/mol. The molecule has 3 aromatic carbocycles. The highest BCUT2D eigenvalue weighted by Gasteiger charge is 2.26. The van der Waals surface area contributed by atoms with Crippen molar-refractivity contribution in [3.63, 3.8) is 0 Å². The molecule has 0 aromatic heterocycles. The molecule has 30 heavy (non-hydrogen) atoms. The van der Waals surface area contributed by atoms with Crippen LogP contribution in [-0.2, 0) is 17.9 Å². The number of carboxylic acid groups (broad SMARTS) is 1. The standard InChI is InChI=1S/C23H20Cl2N2O3/c24-22-23(25)27(13-17-5-8-18-3-1-2-4-19(18)11-17)15-26(22)12-16-6-9-20(10-7-16)30-14-21(28)29/h1-11H,12-15H2,(H,28,29). The van der Waals surface area contributed by atoms with Crippen LogP contribution in [-0.4, -0.2) is 34.2 Å². The van der Waals surface area contributed by atoms with Gasteiger partial charge in [0.1, 0.15) is 16.1 Å². The monoisotopic (exact) mass is 442 g/mol. The van der Waals surface area contributed by atoms with E-state index in [2.05, 4.69) is 30.3 Å². The van der Waals surface area contributed by atoms with E-state index >= 15 is 0 Å². The second-order valence-electron chi connectivity index (χ2n) is 7.13. The van der Waals surface area contributed by atoms with Crippen molar-refractivity contribution >= 4 is 39.9 Å². The molecule has 7 heteroatoms. The van der Waals surface area contributed by atoms with Crippen LogP contribution in [0.15, 0.2) is 77.0 Å². The fourth-order valence-electron chi connectivity index (χ4n) is 3.44. The van der Waals surface area contributed by atoms with E-state index in [1.54, 1.807) is 12.1 Å². The normalized spacial score (nSPS) is 13.9. The number of carbonyl (C=O) groups is 1. The zero-order valence-electron chi connectivity index (χ0n) is 16.1. The molecule has 0 radical (unpaired) electrons. The van der Waals surface area contributed by atoms with Crippen molar-refractivity contribution in [1.29, 1.82) is 0 Å². The summed E-state index contributed by atoms with van der Waals surface area (Å²) in [7, 11) is 0. The summed E-state index contributed by atoms with van der Waals surface area (Å²) in [6.07, 6.45) is 0. The lowest BCUT2D eigenvalue weighted by atomic mass is 10.1. The maximum Gasteiger partial charge on any atom is 0.341 e. The van der Waals surface area contributed by atoms with Crippen molar-refractivity contribution < 1.29 is 14.6 Å². The Morgan fingerprint density at radius 2 is 1.47 bits per heavy atom. The van der Waals surface area contributed by atoms with Gasteiger partial charge < -0.3 is 19.6 Å². The average molecular weight is 443 g/mol. The number of halogens is 2. The first-order chi connectivity index (χ1) is 14.5. The van der Waals surface area contributed by atoms with Gasteiger partial charge in [0.05, 0.1) is 6.67 Å². The zero-order valence-corrected chi connectivity index (χ0v) is 17.6. The molecule has 0 unspecified atom stereocenters. The number of nitrogens with zero attached hydrogens (tertiary/aromatic N) is 2. The van der Waals surface area contributed by atoms with Gasteiger partial charge in [0.2, 0.25) is 0 Å². The molecule has 1 aliphatic rings. The SMILES string of the molecule is O=C(O)COc1ccc(CN2CN(Cc3ccc4ccccc4c3)C(Cl)=C2Cl)cc1. The van der Waals surface area contributed by atoms with Crippen LogP contribution in [0.4, 0.5) is 0 Å². The molecule has 0 spiro atoms. The van der Waals surface area contributed by atoms with Crippen molar-refractivity contribution in [2.24, 2.45) is 0 Å². The van der Waals surface area contributed by atoms with Crippen molar-refractivity contribution in [3.05, 3.63) is 88.2 Å². The van der Waals surface area contributed by atoms with Crippen LogP contribution in [0.5, 0.6) is 5.75 Å². The summed E-state index contributed by atoms with van der Waals surface area (Å²) in [4.78, 5) is 14.6. The Hall–Kier alpha value is -2.89. The van der Waals surface area contributed by atoms with E-state index in [9.17, 15) is 4.79 Å². The minimum absolute atomic E-state index is 0.362. The summed E-state index contributed by atoms with van der Waals surface area (Å²) in [5.74, 6) is -0.491. The molecule has 0 aliphatic carbocycles. The van der Waals surface area contributed by atoms with Crippen LogP contribution in [0.1, 0.15) is 11.1 Å². The summed E-state index contributed by atoms with van der Waals surface area (Å²) in [5, 5.41) is 12.1. The van der Waals surface area contributed by atoms with Gasteiger partial charge in [-0.1, -0.05) is 71.7 Å². The Balaban J connectivity index is 1.41. The first-order valence-electron chi connectivity index (χ1n) is 9.46. The maximum absolute atomic E-state index is 10.6.